The van der Waals surface area contributed by atoms with Gasteiger partial charge in [-0.3, -0.25) is 9.59 Å². The molecule has 2 aromatic carbocycles. The van der Waals surface area contributed by atoms with Crippen LogP contribution < -0.4 is 16.4 Å². The van der Waals surface area contributed by atoms with Gasteiger partial charge < -0.3 is 31.7 Å². The molecule has 9 nitrogen and oxygen atoms in total. The maximum atomic E-state index is 10.6. The van der Waals surface area contributed by atoms with Crippen LogP contribution in [0.5, 0.6) is 0 Å². The number of benzene rings is 2. The Balaban J connectivity index is -0.000000314. The molecule has 0 aliphatic carbocycles. The first-order chi connectivity index (χ1) is 20.3. The third-order valence-electron chi connectivity index (χ3n) is 4.44. The predicted octanol–water partition coefficient (Wildman–Crippen LogP) is 5.94. The summed E-state index contributed by atoms with van der Waals surface area (Å²) in [5.74, 6) is -2.76. The zero-order chi connectivity index (χ0) is 34.8. The lowest BCUT2D eigenvalue weighted by Crippen LogP contribution is -2.30. The highest BCUT2D eigenvalue weighted by atomic mass is 19.5. The number of halogens is 9. The number of alkyl halides is 9. The van der Waals surface area contributed by atoms with E-state index in [4.69, 9.17) is 35.4 Å². The maximum absolute atomic E-state index is 10.6. The van der Waals surface area contributed by atoms with E-state index < -0.39 is 24.5 Å². The third-order valence-corrected chi connectivity index (χ3v) is 4.44. The molecule has 260 valence electrons. The Morgan fingerprint density at radius 3 is 1.51 bits per heavy atom. The van der Waals surface area contributed by atoms with Crippen molar-refractivity contribution in [3.05, 3.63) is 60.2 Å². The van der Waals surface area contributed by atoms with Gasteiger partial charge >= 0.3 is 24.5 Å². The van der Waals surface area contributed by atoms with Gasteiger partial charge in [0.05, 0.1) is 0 Å². The van der Waals surface area contributed by atoms with Crippen LogP contribution in [0.3, 0.4) is 0 Å². The Kier molecular flexibility index (Phi) is 28.3. The van der Waals surface area contributed by atoms with Gasteiger partial charge in [-0.25, -0.2) is 4.79 Å². The molecule has 0 heterocycles. The van der Waals surface area contributed by atoms with Gasteiger partial charge in [0.1, 0.15) is 0 Å². The molecule has 2 aromatic rings. The van der Waals surface area contributed by atoms with E-state index in [0.717, 1.165) is 39.0 Å². The van der Waals surface area contributed by atoms with Gasteiger partial charge in [0.25, 0.3) is 12.9 Å². The first kappa shape index (κ1) is 48.0. The molecule has 1 unspecified atom stereocenters. The maximum Gasteiger partial charge on any atom is 0.490 e. The van der Waals surface area contributed by atoms with Crippen LogP contribution in [0.1, 0.15) is 32.8 Å². The zero-order valence-corrected chi connectivity index (χ0v) is 23.2. The van der Waals surface area contributed by atoms with E-state index in [2.05, 4.69) is 59.2 Å². The first-order valence-electron chi connectivity index (χ1n) is 12.2. The highest BCUT2D eigenvalue weighted by Gasteiger charge is 2.58. The van der Waals surface area contributed by atoms with E-state index >= 15 is 0 Å². The molecular weight excluding hydrogens is 633 g/mol. The lowest BCUT2D eigenvalue weighted by molar-refractivity contribution is -0.339. The fourth-order valence-corrected chi connectivity index (χ4v) is 2.47. The Morgan fingerprint density at radius 2 is 1.16 bits per heavy atom. The largest absolute Gasteiger partial charge is 0.490 e. The van der Waals surface area contributed by atoms with Crippen molar-refractivity contribution < 1.29 is 69.2 Å². The van der Waals surface area contributed by atoms with Gasteiger partial charge in [0.2, 0.25) is 0 Å². The van der Waals surface area contributed by atoms with Gasteiger partial charge in [-0.1, -0.05) is 62.0 Å². The monoisotopic (exact) mass is 671 g/mol. The van der Waals surface area contributed by atoms with Crippen molar-refractivity contribution in [1.82, 2.24) is 10.6 Å². The van der Waals surface area contributed by atoms with Crippen molar-refractivity contribution in [3.8, 4) is 11.1 Å². The number of aliphatic carboxylic acids is 1. The lowest BCUT2D eigenvalue weighted by atomic mass is 10.0. The molecule has 0 radical (unpaired) electrons. The topological polar surface area (TPSA) is 162 Å². The molecule has 0 spiro atoms. The van der Waals surface area contributed by atoms with Gasteiger partial charge in [0.15, 0.2) is 0 Å². The van der Waals surface area contributed by atoms with E-state index in [-0.39, 0.29) is 20.4 Å². The van der Waals surface area contributed by atoms with Crippen LogP contribution in [0.15, 0.2) is 54.6 Å². The van der Waals surface area contributed by atoms with Crippen LogP contribution in [0.4, 0.5) is 39.5 Å². The normalized spacial score (nSPS) is 11.1. The molecule has 0 saturated carbocycles. The van der Waals surface area contributed by atoms with Crippen molar-refractivity contribution in [1.29, 1.82) is 0 Å². The van der Waals surface area contributed by atoms with Gasteiger partial charge in [-0.05, 0) is 56.1 Å². The molecule has 45 heavy (non-hydrogen) atoms. The van der Waals surface area contributed by atoms with Crippen molar-refractivity contribution >= 4 is 18.9 Å². The Labute approximate surface area is 254 Å². The summed E-state index contributed by atoms with van der Waals surface area (Å²) in [6, 6.07) is 19.6. The molecule has 7 N–H and O–H groups in total. The molecular formula is C27H38F9N3O6. The molecule has 0 bridgehead atoms. The van der Waals surface area contributed by atoms with Crippen LogP contribution in [0.2, 0.25) is 0 Å². The average molecular weight is 672 g/mol. The van der Waals surface area contributed by atoms with Gasteiger partial charge in [0, 0.05) is 12.6 Å². The molecule has 0 saturated heterocycles. The highest BCUT2D eigenvalue weighted by Crippen LogP contribution is 2.35. The molecule has 0 fully saturated rings. The van der Waals surface area contributed by atoms with Gasteiger partial charge in [-0.15, -0.1) is 0 Å². The molecule has 1 atom stereocenters. The molecule has 0 aliphatic rings. The number of carbonyl (C=O) groups is 3. The van der Waals surface area contributed by atoms with E-state index in [9.17, 15) is 39.5 Å². The standard InChI is InChI=1S/C20H29N3.C2F6.C2HF3O2.2CH2O2.CH4/c1-17(21)12-15-22-13-5-14-23-16-18-8-10-20(11-9-18)19-6-3-2-4-7-19;3-1(4,5)2(6,7)8;3-2(4,5)1(6)7;2*2-1-3;/h2-4,6-11,17,22-23H,5,12-16,21H2,1H3;;(H,6,7);2*1H,(H,2,3);1H4. The number of carboxylic acids is 1. The summed E-state index contributed by atoms with van der Waals surface area (Å²) in [6.45, 7) is 5.57. The van der Waals surface area contributed by atoms with Crippen molar-refractivity contribution in [3.63, 3.8) is 0 Å². The van der Waals surface area contributed by atoms with Crippen molar-refractivity contribution in [2.45, 2.75) is 58.3 Å². The van der Waals surface area contributed by atoms with Crippen LogP contribution in [0, 0.1) is 0 Å². The van der Waals surface area contributed by atoms with Crippen LogP contribution in [-0.4, -0.2) is 78.4 Å². The molecule has 0 aromatic heterocycles. The first-order valence-corrected chi connectivity index (χ1v) is 12.2. The number of hydrogen-bond acceptors (Lipinski definition) is 6. The molecule has 2 rings (SSSR count). The minimum atomic E-state index is -6.06. The van der Waals surface area contributed by atoms with Crippen molar-refractivity contribution in [2.75, 3.05) is 19.6 Å². The predicted molar refractivity (Wildman–Crippen MR) is 149 cm³/mol. The quantitative estimate of drug-likeness (QED) is 0.102. The second kappa shape index (κ2) is 26.5. The average Bonchev–Trinajstić information content (AvgIpc) is 2.91. The highest BCUT2D eigenvalue weighted by molar-refractivity contribution is 5.73. The number of nitrogens with two attached hydrogens (primary N) is 1. The number of nitrogens with one attached hydrogen (secondary N) is 2. The van der Waals surface area contributed by atoms with E-state index in [0.29, 0.717) is 6.04 Å². The van der Waals surface area contributed by atoms with E-state index in [1.807, 2.05) is 13.0 Å². The second-order valence-electron chi connectivity index (χ2n) is 8.12. The zero-order valence-electron chi connectivity index (χ0n) is 23.2. The molecule has 0 amide bonds. The lowest BCUT2D eigenvalue weighted by Gasteiger charge is -2.08. The fourth-order valence-electron chi connectivity index (χ4n) is 2.47. The SMILES string of the molecule is C.CC(N)CCNCCCNCc1ccc(-c2ccccc2)cc1.FC(F)(F)C(F)(F)F.O=C(O)C(F)(F)F.O=CO.O=CO. The number of hydrogen-bond donors (Lipinski definition) is 6. The van der Waals surface area contributed by atoms with Crippen LogP contribution in [-0.2, 0) is 20.9 Å². The minimum Gasteiger partial charge on any atom is -0.483 e. The molecule has 18 heteroatoms. The van der Waals surface area contributed by atoms with Gasteiger partial charge in [-0.2, -0.15) is 39.5 Å². The summed E-state index contributed by atoms with van der Waals surface area (Å²) in [4.78, 5) is 25.6. The Morgan fingerprint density at radius 1 is 0.778 bits per heavy atom. The summed E-state index contributed by atoms with van der Waals surface area (Å²) < 4.78 is 94.4. The number of carboxylic acid groups (broad SMARTS) is 3. The van der Waals surface area contributed by atoms with Crippen LogP contribution in [0.25, 0.3) is 11.1 Å². The minimum absolute atomic E-state index is 0. The van der Waals surface area contributed by atoms with E-state index in [1.165, 1.54) is 16.7 Å². The van der Waals surface area contributed by atoms with E-state index in [1.54, 1.807) is 0 Å². The summed E-state index contributed by atoms with van der Waals surface area (Å²) in [5.41, 5.74) is 9.58. The molecule has 0 aliphatic heterocycles. The second-order valence-corrected chi connectivity index (χ2v) is 8.12. The Hall–Kier alpha value is -3.90. The summed E-state index contributed by atoms with van der Waals surface area (Å²) in [7, 11) is 0. The van der Waals surface area contributed by atoms with Crippen LogP contribution >= 0.6 is 0 Å². The smallest absolute Gasteiger partial charge is 0.483 e. The fraction of sp³-hybridized carbons (Fsp3) is 0.444. The summed E-state index contributed by atoms with van der Waals surface area (Å²) in [5, 5.41) is 27.8. The third kappa shape index (κ3) is 29.9. The van der Waals surface area contributed by atoms with Crippen molar-refractivity contribution in [2.24, 2.45) is 5.73 Å². The summed E-state index contributed by atoms with van der Waals surface area (Å²) in [6.07, 6.45) is -15.0. The Bertz CT molecular complexity index is 986. The summed E-state index contributed by atoms with van der Waals surface area (Å²) >= 11 is 0. The number of rotatable bonds is 10.